The van der Waals surface area contributed by atoms with Crippen LogP contribution in [0.15, 0.2) is 78.0 Å². The predicted octanol–water partition coefficient (Wildman–Crippen LogP) is 6.52. The molecule has 1 unspecified atom stereocenters. The van der Waals surface area contributed by atoms with Crippen molar-refractivity contribution in [3.05, 3.63) is 89.7 Å². The quantitative estimate of drug-likeness (QED) is 0.166. The molecule has 0 radical (unpaired) electrons. The molecule has 0 amide bonds. The second-order valence-electron chi connectivity index (χ2n) is 8.78. The van der Waals surface area contributed by atoms with Crippen LogP contribution in [0.3, 0.4) is 0 Å². The summed E-state index contributed by atoms with van der Waals surface area (Å²) in [5.74, 6) is 3.09. The number of ketones is 1. The van der Waals surface area contributed by atoms with Gasteiger partial charge in [0.2, 0.25) is 0 Å². The van der Waals surface area contributed by atoms with Crippen molar-refractivity contribution in [2.75, 3.05) is 20.0 Å². The fourth-order valence-electron chi connectivity index (χ4n) is 3.87. The normalized spacial score (nSPS) is 11.8. The van der Waals surface area contributed by atoms with Crippen LogP contribution < -0.4 is 14.2 Å². The van der Waals surface area contributed by atoms with Crippen LogP contribution in [-0.4, -0.2) is 40.5 Å². The van der Waals surface area contributed by atoms with Gasteiger partial charge in [-0.25, -0.2) is 0 Å². The van der Waals surface area contributed by atoms with E-state index in [0.29, 0.717) is 34.0 Å². The molecule has 1 heterocycles. The number of hydrogen-bond acceptors (Lipinski definition) is 7. The van der Waals surface area contributed by atoms with E-state index < -0.39 is 0 Å². The first-order valence-electron chi connectivity index (χ1n) is 12.1. The van der Waals surface area contributed by atoms with Gasteiger partial charge in [-0.2, -0.15) is 0 Å². The number of para-hydroxylation sites is 1. The summed E-state index contributed by atoms with van der Waals surface area (Å²) in [5, 5.41) is 9.48. The molecule has 0 bridgehead atoms. The SMILES string of the molecule is COc1ccc(C(=O)CSc2nnc(C(C)Oc3ccc(C(C)C)cc3)n2-c2ccccc2)cc1OC. The number of Topliss-reactive ketones (excluding diaryl/α,β-unsaturated/α-hetero) is 1. The summed E-state index contributed by atoms with van der Waals surface area (Å²) in [4.78, 5) is 13.0. The zero-order chi connectivity index (χ0) is 26.4. The maximum Gasteiger partial charge on any atom is 0.196 e. The van der Waals surface area contributed by atoms with Crippen LogP contribution in [-0.2, 0) is 0 Å². The molecule has 4 aromatic rings. The van der Waals surface area contributed by atoms with E-state index in [-0.39, 0.29) is 17.6 Å². The third-order valence-electron chi connectivity index (χ3n) is 5.93. The molecule has 0 aliphatic carbocycles. The van der Waals surface area contributed by atoms with Crippen LogP contribution in [0.1, 0.15) is 54.5 Å². The Morgan fingerprint density at radius 3 is 2.24 bits per heavy atom. The van der Waals surface area contributed by atoms with Crippen LogP contribution >= 0.6 is 11.8 Å². The summed E-state index contributed by atoms with van der Waals surface area (Å²) in [6.45, 7) is 6.27. The van der Waals surface area contributed by atoms with E-state index in [0.717, 1.165) is 11.4 Å². The minimum atomic E-state index is -0.367. The summed E-state index contributed by atoms with van der Waals surface area (Å²) < 4.78 is 18.8. The lowest BCUT2D eigenvalue weighted by atomic mass is 10.0. The van der Waals surface area contributed by atoms with Gasteiger partial charge in [-0.1, -0.05) is 55.9 Å². The van der Waals surface area contributed by atoms with Gasteiger partial charge in [0.15, 0.2) is 34.4 Å². The van der Waals surface area contributed by atoms with Crippen molar-refractivity contribution < 1.29 is 19.0 Å². The second-order valence-corrected chi connectivity index (χ2v) is 9.72. The molecule has 3 aromatic carbocycles. The van der Waals surface area contributed by atoms with Gasteiger partial charge in [0, 0.05) is 11.3 Å². The van der Waals surface area contributed by atoms with E-state index in [1.165, 1.54) is 17.3 Å². The Morgan fingerprint density at radius 1 is 0.892 bits per heavy atom. The standard InChI is InChI=1S/C29H31N3O4S/c1-19(2)21-11-14-24(15-12-21)36-20(3)28-30-31-29(32(28)23-9-7-6-8-10-23)37-18-25(33)22-13-16-26(34-4)27(17-22)35-5/h6-17,19-20H,18H2,1-5H3. The Bertz CT molecular complexity index is 1340. The van der Waals surface area contributed by atoms with Crippen LogP contribution in [0, 0.1) is 0 Å². The number of nitrogens with zero attached hydrogens (tertiary/aromatic N) is 3. The Morgan fingerprint density at radius 2 is 1.59 bits per heavy atom. The van der Waals surface area contributed by atoms with Gasteiger partial charge in [0.25, 0.3) is 0 Å². The first-order chi connectivity index (χ1) is 17.9. The number of methoxy groups -OCH3 is 2. The van der Waals surface area contributed by atoms with Crippen molar-refractivity contribution in [3.8, 4) is 22.9 Å². The average Bonchev–Trinajstić information content (AvgIpc) is 3.36. The van der Waals surface area contributed by atoms with E-state index in [1.807, 2.05) is 54.0 Å². The maximum atomic E-state index is 13.0. The molecular weight excluding hydrogens is 486 g/mol. The maximum absolute atomic E-state index is 13.0. The number of aromatic nitrogens is 3. The summed E-state index contributed by atoms with van der Waals surface area (Å²) in [6, 6.07) is 23.1. The third kappa shape index (κ3) is 6.14. The van der Waals surface area contributed by atoms with Crippen molar-refractivity contribution >= 4 is 17.5 Å². The highest BCUT2D eigenvalue weighted by Gasteiger charge is 2.22. The van der Waals surface area contributed by atoms with Crippen molar-refractivity contribution in [2.45, 2.75) is 37.9 Å². The van der Waals surface area contributed by atoms with E-state index in [2.05, 4.69) is 36.2 Å². The van der Waals surface area contributed by atoms with Crippen LogP contribution in [0.2, 0.25) is 0 Å². The molecule has 192 valence electrons. The molecule has 0 aliphatic heterocycles. The van der Waals surface area contributed by atoms with Crippen molar-refractivity contribution in [2.24, 2.45) is 0 Å². The molecule has 0 spiro atoms. The highest BCUT2D eigenvalue weighted by molar-refractivity contribution is 7.99. The molecular formula is C29H31N3O4S. The van der Waals surface area contributed by atoms with E-state index in [1.54, 1.807) is 32.4 Å². The zero-order valence-electron chi connectivity index (χ0n) is 21.7. The van der Waals surface area contributed by atoms with Gasteiger partial charge in [0.1, 0.15) is 5.75 Å². The smallest absolute Gasteiger partial charge is 0.196 e. The average molecular weight is 518 g/mol. The summed E-state index contributed by atoms with van der Waals surface area (Å²) >= 11 is 1.33. The molecule has 7 nitrogen and oxygen atoms in total. The number of rotatable bonds is 11. The molecule has 1 atom stereocenters. The van der Waals surface area contributed by atoms with Crippen LogP contribution in [0.5, 0.6) is 17.2 Å². The van der Waals surface area contributed by atoms with Crippen LogP contribution in [0.25, 0.3) is 5.69 Å². The monoisotopic (exact) mass is 517 g/mol. The lowest BCUT2D eigenvalue weighted by Gasteiger charge is -2.17. The van der Waals surface area contributed by atoms with E-state index in [9.17, 15) is 4.79 Å². The van der Waals surface area contributed by atoms with E-state index in [4.69, 9.17) is 14.2 Å². The number of thioether (sulfide) groups is 1. The molecule has 0 N–H and O–H groups in total. The van der Waals surface area contributed by atoms with E-state index >= 15 is 0 Å². The molecule has 1 aromatic heterocycles. The first-order valence-corrected chi connectivity index (χ1v) is 13.0. The molecule has 0 fully saturated rings. The lowest BCUT2D eigenvalue weighted by Crippen LogP contribution is -2.12. The van der Waals surface area contributed by atoms with Crippen LogP contribution in [0.4, 0.5) is 0 Å². The Kier molecular flexibility index (Phi) is 8.50. The molecule has 0 saturated carbocycles. The minimum Gasteiger partial charge on any atom is -0.493 e. The van der Waals surface area contributed by atoms with Gasteiger partial charge in [0.05, 0.1) is 20.0 Å². The van der Waals surface area contributed by atoms with Gasteiger partial charge in [-0.15, -0.1) is 10.2 Å². The number of ether oxygens (including phenoxy) is 3. The fraction of sp³-hybridized carbons (Fsp3) is 0.276. The largest absolute Gasteiger partial charge is 0.493 e. The highest BCUT2D eigenvalue weighted by Crippen LogP contribution is 2.31. The minimum absolute atomic E-state index is 0.0512. The molecule has 0 aliphatic rings. The Balaban J connectivity index is 1.56. The number of benzene rings is 3. The molecule has 4 rings (SSSR count). The summed E-state index contributed by atoms with van der Waals surface area (Å²) in [5.41, 5.74) is 2.69. The second kappa shape index (κ2) is 12.0. The lowest BCUT2D eigenvalue weighted by molar-refractivity contribution is 0.102. The summed E-state index contributed by atoms with van der Waals surface area (Å²) in [7, 11) is 3.11. The third-order valence-corrected chi connectivity index (χ3v) is 6.86. The first kappa shape index (κ1) is 26.3. The van der Waals surface area contributed by atoms with Gasteiger partial charge < -0.3 is 14.2 Å². The van der Waals surface area contributed by atoms with Crippen molar-refractivity contribution in [1.82, 2.24) is 14.8 Å². The molecule has 8 heteroatoms. The Labute approximate surface area is 221 Å². The predicted molar refractivity (Wildman–Crippen MR) is 146 cm³/mol. The highest BCUT2D eigenvalue weighted by atomic mass is 32.2. The topological polar surface area (TPSA) is 75.5 Å². The van der Waals surface area contributed by atoms with Gasteiger partial charge >= 0.3 is 0 Å². The van der Waals surface area contributed by atoms with Crippen molar-refractivity contribution in [1.29, 1.82) is 0 Å². The fourth-order valence-corrected chi connectivity index (χ4v) is 4.72. The number of carbonyl (C=O) groups is 1. The summed E-state index contributed by atoms with van der Waals surface area (Å²) in [6.07, 6.45) is -0.367. The van der Waals surface area contributed by atoms with Crippen molar-refractivity contribution in [3.63, 3.8) is 0 Å². The zero-order valence-corrected chi connectivity index (χ0v) is 22.5. The molecule has 37 heavy (non-hydrogen) atoms. The number of carbonyl (C=O) groups excluding carboxylic acids is 1. The van der Waals surface area contributed by atoms with Gasteiger partial charge in [-0.3, -0.25) is 9.36 Å². The number of hydrogen-bond donors (Lipinski definition) is 0. The molecule has 0 saturated heterocycles. The Hall–Kier alpha value is -3.78. The van der Waals surface area contributed by atoms with Gasteiger partial charge in [-0.05, 0) is 60.9 Å².